The number of carbonyl (C=O) groups excluding carboxylic acids is 1. The standard InChI is InChI=1S/C65H119N2O6P/c1-6-8-10-12-14-16-18-20-22-24-26-28-30-32-33-35-36-38-40-42-44-46-48-50-52-54-56-58-64(68)63(62-73-74(70,71)72-61-60-67(3,4)5)66-65(69)59-57-55-53-51-49-47-45-43-41-39-37-34-31-29-27-25-23-21-19-17-15-13-11-9-7-2/h9,11,15,17,21,23,27,29,34,37,41,43,56,58,63-64,68H,6-8,10,12-14,16,18-20,22,24-26,28,30-33,35-36,38-40,42,44-55,57,59-62H2,1-5H3,(H-,66,69,70,71)/b11-9-,17-15-,23-21-,29-27-,37-34-,43-41-,58-56+. The zero-order valence-electron chi connectivity index (χ0n) is 49.0. The number of hydrogen-bond donors (Lipinski definition) is 2. The van der Waals surface area contributed by atoms with Gasteiger partial charge in [-0.2, -0.15) is 0 Å². The Morgan fingerprint density at radius 1 is 0.486 bits per heavy atom. The monoisotopic (exact) mass is 1050 g/mol. The maximum Gasteiger partial charge on any atom is 0.268 e. The van der Waals surface area contributed by atoms with Crippen LogP contribution in [0, 0.1) is 0 Å². The van der Waals surface area contributed by atoms with Crippen LogP contribution in [0.1, 0.15) is 271 Å². The maximum absolute atomic E-state index is 13.0. The molecule has 0 saturated carbocycles. The van der Waals surface area contributed by atoms with Gasteiger partial charge in [-0.05, 0) is 70.6 Å². The lowest BCUT2D eigenvalue weighted by molar-refractivity contribution is -0.870. The molecule has 0 aliphatic rings. The Labute approximate surface area is 458 Å². The van der Waals surface area contributed by atoms with Gasteiger partial charge < -0.3 is 28.8 Å². The zero-order chi connectivity index (χ0) is 54.2. The summed E-state index contributed by atoms with van der Waals surface area (Å²) < 4.78 is 23.4. The van der Waals surface area contributed by atoms with Crippen LogP contribution in [-0.2, 0) is 18.4 Å². The number of rotatable bonds is 56. The second-order valence-corrected chi connectivity index (χ2v) is 23.4. The number of nitrogens with one attached hydrogen (secondary N) is 1. The van der Waals surface area contributed by atoms with E-state index in [1.165, 1.54) is 154 Å². The normalized spacial score (nSPS) is 14.4. The van der Waals surface area contributed by atoms with Gasteiger partial charge in [-0.25, -0.2) is 0 Å². The smallest absolute Gasteiger partial charge is 0.268 e. The molecule has 8 nitrogen and oxygen atoms in total. The molecule has 2 N–H and O–H groups in total. The number of allylic oxidation sites excluding steroid dienone is 13. The van der Waals surface area contributed by atoms with Crippen molar-refractivity contribution in [3.8, 4) is 0 Å². The van der Waals surface area contributed by atoms with Crippen LogP contribution in [0.25, 0.3) is 0 Å². The van der Waals surface area contributed by atoms with Gasteiger partial charge in [0.25, 0.3) is 7.82 Å². The van der Waals surface area contributed by atoms with Crippen molar-refractivity contribution in [3.63, 3.8) is 0 Å². The van der Waals surface area contributed by atoms with Crippen LogP contribution in [0.2, 0.25) is 0 Å². The lowest BCUT2D eigenvalue weighted by atomic mass is 10.0. The van der Waals surface area contributed by atoms with Crippen LogP contribution in [0.3, 0.4) is 0 Å². The summed E-state index contributed by atoms with van der Waals surface area (Å²) in [5.74, 6) is -0.212. The highest BCUT2D eigenvalue weighted by Crippen LogP contribution is 2.38. The highest BCUT2D eigenvalue weighted by atomic mass is 31.2. The van der Waals surface area contributed by atoms with Crippen molar-refractivity contribution in [2.45, 2.75) is 283 Å². The minimum absolute atomic E-state index is 0.00806. The Morgan fingerprint density at radius 2 is 0.824 bits per heavy atom. The van der Waals surface area contributed by atoms with Crippen molar-refractivity contribution in [3.05, 3.63) is 85.1 Å². The summed E-state index contributed by atoms with van der Waals surface area (Å²) in [6.45, 7) is 4.54. The maximum atomic E-state index is 13.0. The number of quaternary nitrogens is 1. The zero-order valence-corrected chi connectivity index (χ0v) is 49.9. The van der Waals surface area contributed by atoms with Crippen molar-refractivity contribution < 1.29 is 32.9 Å². The molecule has 9 heteroatoms. The van der Waals surface area contributed by atoms with Gasteiger partial charge in [0.15, 0.2) is 0 Å². The molecule has 0 aromatic carbocycles. The Balaban J connectivity index is 4.22. The van der Waals surface area contributed by atoms with E-state index in [4.69, 9.17) is 9.05 Å². The summed E-state index contributed by atoms with van der Waals surface area (Å²) in [6.07, 6.45) is 78.1. The number of amides is 1. The van der Waals surface area contributed by atoms with Gasteiger partial charge >= 0.3 is 0 Å². The van der Waals surface area contributed by atoms with Crippen LogP contribution in [-0.4, -0.2) is 68.5 Å². The summed E-state index contributed by atoms with van der Waals surface area (Å²) >= 11 is 0. The number of unbranched alkanes of at least 4 members (excludes halogenated alkanes) is 31. The first kappa shape index (κ1) is 71.7. The summed E-state index contributed by atoms with van der Waals surface area (Å²) in [5.41, 5.74) is 0. The molecule has 74 heavy (non-hydrogen) atoms. The van der Waals surface area contributed by atoms with Gasteiger partial charge in [0.2, 0.25) is 5.91 Å². The van der Waals surface area contributed by atoms with Gasteiger partial charge in [-0.15, -0.1) is 0 Å². The molecule has 0 aliphatic carbocycles. The Hall–Kier alpha value is -2.32. The van der Waals surface area contributed by atoms with Gasteiger partial charge in [-0.1, -0.05) is 279 Å². The second-order valence-electron chi connectivity index (χ2n) is 22.0. The van der Waals surface area contributed by atoms with E-state index in [-0.39, 0.29) is 12.5 Å². The molecule has 0 spiro atoms. The number of likely N-dealkylation sites (N-methyl/N-ethyl adjacent to an activating group) is 1. The molecule has 0 rings (SSSR count). The molecule has 0 bridgehead atoms. The largest absolute Gasteiger partial charge is 0.756 e. The number of aliphatic hydroxyl groups is 1. The third-order valence-electron chi connectivity index (χ3n) is 13.6. The molecule has 0 saturated heterocycles. The van der Waals surface area contributed by atoms with E-state index in [1.54, 1.807) is 6.08 Å². The van der Waals surface area contributed by atoms with E-state index in [2.05, 4.69) is 92.1 Å². The quantitative estimate of drug-likeness (QED) is 0.0272. The van der Waals surface area contributed by atoms with Crippen LogP contribution >= 0.6 is 7.82 Å². The van der Waals surface area contributed by atoms with E-state index >= 15 is 0 Å². The summed E-state index contributed by atoms with van der Waals surface area (Å²) in [5, 5.41) is 13.9. The lowest BCUT2D eigenvalue weighted by Gasteiger charge is -2.29. The van der Waals surface area contributed by atoms with Crippen LogP contribution < -0.4 is 10.2 Å². The molecule has 0 aliphatic heterocycles. The fourth-order valence-electron chi connectivity index (χ4n) is 8.81. The first-order valence-corrected chi connectivity index (χ1v) is 32.4. The number of phosphoric acid groups is 1. The summed E-state index contributed by atoms with van der Waals surface area (Å²) in [4.78, 5) is 25.6. The molecule has 0 aromatic heterocycles. The van der Waals surface area contributed by atoms with Gasteiger partial charge in [0, 0.05) is 6.42 Å². The number of carbonyl (C=O) groups is 1. The van der Waals surface area contributed by atoms with Gasteiger partial charge in [0.05, 0.1) is 39.9 Å². The van der Waals surface area contributed by atoms with Crippen LogP contribution in [0.4, 0.5) is 0 Å². The Morgan fingerprint density at radius 3 is 1.20 bits per heavy atom. The molecule has 0 aromatic rings. The third kappa shape index (κ3) is 57.4. The number of phosphoric ester groups is 1. The SMILES string of the molecule is CC/C=C\C/C=C\C/C=C\C/C=C\C/C=C\C/C=C\CCCCCCCCC(=O)NC(COP(=O)([O-])OCC[N+](C)(C)C)C(O)/C=C/CCCCCCCCCCCCCCCCCCCCCCCCCCC. The van der Waals surface area contributed by atoms with Crippen LogP contribution in [0.5, 0.6) is 0 Å². The molecular weight excluding hydrogens is 936 g/mol. The molecule has 3 atom stereocenters. The van der Waals surface area contributed by atoms with Crippen molar-refractivity contribution in [1.82, 2.24) is 5.32 Å². The molecule has 0 radical (unpaired) electrons. The first-order chi connectivity index (χ1) is 36.0. The van der Waals surface area contributed by atoms with E-state index in [0.29, 0.717) is 17.4 Å². The fourth-order valence-corrected chi connectivity index (χ4v) is 9.53. The van der Waals surface area contributed by atoms with Crippen molar-refractivity contribution in [2.75, 3.05) is 40.9 Å². The molecule has 0 fully saturated rings. The highest BCUT2D eigenvalue weighted by molar-refractivity contribution is 7.45. The highest BCUT2D eigenvalue weighted by Gasteiger charge is 2.23. The van der Waals surface area contributed by atoms with Gasteiger partial charge in [0.1, 0.15) is 13.2 Å². The Kier molecular flexibility index (Phi) is 53.7. The third-order valence-corrected chi connectivity index (χ3v) is 14.6. The second kappa shape index (κ2) is 55.4. The number of hydrogen-bond acceptors (Lipinski definition) is 6. The molecule has 1 amide bonds. The molecular formula is C65H119N2O6P. The van der Waals surface area contributed by atoms with E-state index < -0.39 is 26.6 Å². The van der Waals surface area contributed by atoms with Crippen molar-refractivity contribution in [1.29, 1.82) is 0 Å². The average molecular weight is 1060 g/mol. The predicted molar refractivity (Wildman–Crippen MR) is 320 cm³/mol. The molecule has 0 heterocycles. The minimum atomic E-state index is -4.61. The van der Waals surface area contributed by atoms with Crippen molar-refractivity contribution in [2.24, 2.45) is 0 Å². The molecule has 430 valence electrons. The first-order valence-electron chi connectivity index (χ1n) is 30.9. The Bertz CT molecular complexity index is 1480. The van der Waals surface area contributed by atoms with E-state index in [1.807, 2.05) is 27.2 Å². The number of nitrogens with zero attached hydrogens (tertiary/aromatic N) is 1. The summed E-state index contributed by atoms with van der Waals surface area (Å²) in [6, 6.07) is -0.902. The fraction of sp³-hybridized carbons (Fsp3) is 0.769. The topological polar surface area (TPSA) is 108 Å². The predicted octanol–water partition coefficient (Wildman–Crippen LogP) is 18.6. The minimum Gasteiger partial charge on any atom is -0.756 e. The van der Waals surface area contributed by atoms with E-state index in [9.17, 15) is 19.4 Å². The lowest BCUT2D eigenvalue weighted by Crippen LogP contribution is -2.45. The van der Waals surface area contributed by atoms with E-state index in [0.717, 1.165) is 96.3 Å². The molecule has 3 unspecified atom stereocenters. The van der Waals surface area contributed by atoms with Gasteiger partial charge in [-0.3, -0.25) is 9.36 Å². The average Bonchev–Trinajstić information content (AvgIpc) is 3.36. The van der Waals surface area contributed by atoms with Crippen molar-refractivity contribution >= 4 is 13.7 Å². The summed E-state index contributed by atoms with van der Waals surface area (Å²) in [7, 11) is 1.24. The number of aliphatic hydroxyl groups excluding tert-OH is 1. The van der Waals surface area contributed by atoms with Crippen LogP contribution in [0.15, 0.2) is 85.1 Å².